The van der Waals surface area contributed by atoms with Crippen molar-refractivity contribution in [2.24, 2.45) is 17.8 Å². The van der Waals surface area contributed by atoms with Gasteiger partial charge >= 0.3 is 0 Å². The van der Waals surface area contributed by atoms with Crippen LogP contribution in [0.15, 0.2) is 0 Å². The number of hydrogen-bond acceptors (Lipinski definition) is 0. The van der Waals surface area contributed by atoms with Gasteiger partial charge in [-0.05, 0) is 24.2 Å². The molecule has 26 heavy (non-hydrogen) atoms. The monoisotopic (exact) mass is 362 g/mol. The fraction of sp³-hybridized carbons (Fsp3) is 1.00. The Balaban J connectivity index is 1.41. The zero-order chi connectivity index (χ0) is 18.3. The molecule has 2 aliphatic rings. The van der Waals surface area contributed by atoms with Gasteiger partial charge < -0.3 is 0 Å². The van der Waals surface area contributed by atoms with E-state index in [0.29, 0.717) is 0 Å². The van der Waals surface area contributed by atoms with E-state index in [-0.39, 0.29) is 0 Å². The molecule has 2 aliphatic carbocycles. The van der Waals surface area contributed by atoms with Gasteiger partial charge in [0.2, 0.25) is 0 Å². The second-order valence-electron chi connectivity index (χ2n) is 9.78. The van der Waals surface area contributed by atoms with Gasteiger partial charge in [0.25, 0.3) is 0 Å². The molecule has 0 N–H and O–H groups in total. The van der Waals surface area contributed by atoms with E-state index in [4.69, 9.17) is 0 Å². The van der Waals surface area contributed by atoms with Crippen LogP contribution in [0.5, 0.6) is 0 Å². The first-order valence-corrected chi connectivity index (χ1v) is 12.9. The van der Waals surface area contributed by atoms with Crippen molar-refractivity contribution >= 4 is 0 Å². The normalized spacial score (nSPS) is 19.2. The summed E-state index contributed by atoms with van der Waals surface area (Å²) < 4.78 is 0. The van der Waals surface area contributed by atoms with Crippen LogP contribution in [0.3, 0.4) is 0 Å². The molecule has 2 rings (SSSR count). The van der Waals surface area contributed by atoms with E-state index in [0.717, 1.165) is 17.8 Å². The highest BCUT2D eigenvalue weighted by atomic mass is 14.4. The Morgan fingerprint density at radius 2 is 0.846 bits per heavy atom. The molecule has 0 bridgehead atoms. The van der Waals surface area contributed by atoms with E-state index in [2.05, 4.69) is 6.92 Å². The van der Waals surface area contributed by atoms with Crippen molar-refractivity contribution in [2.45, 2.75) is 148 Å². The lowest BCUT2D eigenvalue weighted by atomic mass is 9.76. The van der Waals surface area contributed by atoms with Gasteiger partial charge in [0.1, 0.15) is 0 Å². The molecule has 0 aliphatic heterocycles. The lowest BCUT2D eigenvalue weighted by Gasteiger charge is -2.29. The third kappa shape index (κ3) is 9.27. The van der Waals surface area contributed by atoms with Gasteiger partial charge in [0.05, 0.1) is 0 Å². The van der Waals surface area contributed by atoms with E-state index in [1.807, 2.05) is 0 Å². The summed E-state index contributed by atoms with van der Waals surface area (Å²) in [5.41, 5.74) is 0. The van der Waals surface area contributed by atoms with Crippen LogP contribution in [0.2, 0.25) is 0 Å². The Morgan fingerprint density at radius 3 is 1.23 bits per heavy atom. The summed E-state index contributed by atoms with van der Waals surface area (Å²) in [6.07, 6.45) is 33.3. The van der Waals surface area contributed by atoms with Gasteiger partial charge in [0.15, 0.2) is 0 Å². The number of hydrogen-bond donors (Lipinski definition) is 0. The molecule has 0 amide bonds. The van der Waals surface area contributed by atoms with E-state index < -0.39 is 0 Å². The Kier molecular flexibility index (Phi) is 12.8. The molecule has 0 aromatic carbocycles. The molecule has 0 heteroatoms. The van der Waals surface area contributed by atoms with Crippen LogP contribution in [-0.2, 0) is 0 Å². The molecule has 0 atom stereocenters. The molecule has 2 fully saturated rings. The molecule has 0 unspecified atom stereocenters. The van der Waals surface area contributed by atoms with Gasteiger partial charge in [-0.3, -0.25) is 0 Å². The fourth-order valence-electron chi connectivity index (χ4n) is 6.03. The van der Waals surface area contributed by atoms with E-state index in [1.54, 1.807) is 32.1 Å². The van der Waals surface area contributed by atoms with Crippen molar-refractivity contribution in [3.8, 4) is 0 Å². The van der Waals surface area contributed by atoms with Crippen LogP contribution in [0.25, 0.3) is 0 Å². The largest absolute Gasteiger partial charge is 0.0654 e. The summed E-state index contributed by atoms with van der Waals surface area (Å²) in [6.45, 7) is 2.31. The summed E-state index contributed by atoms with van der Waals surface area (Å²) >= 11 is 0. The lowest BCUT2D eigenvalue weighted by Crippen LogP contribution is -2.20. The molecule has 0 radical (unpaired) electrons. The first kappa shape index (κ1) is 22.3. The molecule has 0 spiro atoms. The Labute approximate surface area is 166 Å². The predicted molar refractivity (Wildman–Crippen MR) is 118 cm³/mol. The molecule has 0 aromatic heterocycles. The maximum Gasteiger partial charge on any atom is -0.0357 e. The highest BCUT2D eigenvalue weighted by Crippen LogP contribution is 2.44. The molecule has 2 saturated carbocycles. The number of unbranched alkanes of at least 4 members (excludes halogenated alkanes) is 12. The van der Waals surface area contributed by atoms with Crippen LogP contribution in [0.1, 0.15) is 148 Å². The first-order valence-electron chi connectivity index (χ1n) is 12.9. The Morgan fingerprint density at radius 1 is 0.500 bits per heavy atom. The molecule has 0 heterocycles. The maximum atomic E-state index is 2.31. The van der Waals surface area contributed by atoms with Gasteiger partial charge in [-0.15, -0.1) is 0 Å². The average molecular weight is 363 g/mol. The third-order valence-electron chi connectivity index (χ3n) is 7.65. The van der Waals surface area contributed by atoms with Crippen molar-refractivity contribution in [1.82, 2.24) is 0 Å². The second kappa shape index (κ2) is 15.0. The van der Waals surface area contributed by atoms with Crippen LogP contribution in [-0.4, -0.2) is 0 Å². The molecule has 0 saturated heterocycles. The predicted octanol–water partition coefficient (Wildman–Crippen LogP) is 9.46. The topological polar surface area (TPSA) is 0 Å². The fourth-order valence-corrected chi connectivity index (χ4v) is 6.03. The van der Waals surface area contributed by atoms with Crippen LogP contribution in [0, 0.1) is 17.8 Å². The summed E-state index contributed by atoms with van der Waals surface area (Å²) in [4.78, 5) is 0. The maximum absolute atomic E-state index is 2.31. The van der Waals surface area contributed by atoms with Gasteiger partial charge in [-0.25, -0.2) is 0 Å². The summed E-state index contributed by atoms with van der Waals surface area (Å²) in [6, 6.07) is 0. The Hall–Kier alpha value is 0. The minimum atomic E-state index is 1.12. The quantitative estimate of drug-likeness (QED) is 0.240. The highest BCUT2D eigenvalue weighted by Gasteiger charge is 2.32. The van der Waals surface area contributed by atoms with Crippen molar-refractivity contribution in [3.05, 3.63) is 0 Å². The third-order valence-corrected chi connectivity index (χ3v) is 7.65. The van der Waals surface area contributed by atoms with E-state index >= 15 is 0 Å². The summed E-state index contributed by atoms with van der Waals surface area (Å²) in [5.74, 6) is 3.36. The highest BCUT2D eigenvalue weighted by molar-refractivity contribution is 4.83. The molecule has 0 nitrogen and oxygen atoms in total. The van der Waals surface area contributed by atoms with Crippen LogP contribution < -0.4 is 0 Å². The van der Waals surface area contributed by atoms with Crippen molar-refractivity contribution in [3.63, 3.8) is 0 Å². The Bertz CT molecular complexity index is 279. The van der Waals surface area contributed by atoms with Crippen molar-refractivity contribution in [1.29, 1.82) is 0 Å². The average Bonchev–Trinajstić information content (AvgIpc) is 3.36. The van der Waals surface area contributed by atoms with E-state index in [9.17, 15) is 0 Å². The lowest BCUT2D eigenvalue weighted by molar-refractivity contribution is 0.210. The number of rotatable bonds is 16. The zero-order valence-electron chi connectivity index (χ0n) is 18.3. The minimum absolute atomic E-state index is 1.12. The molecule has 0 aromatic rings. The zero-order valence-corrected chi connectivity index (χ0v) is 18.3. The van der Waals surface area contributed by atoms with Crippen molar-refractivity contribution < 1.29 is 0 Å². The van der Waals surface area contributed by atoms with Gasteiger partial charge in [0, 0.05) is 0 Å². The van der Waals surface area contributed by atoms with Crippen LogP contribution >= 0.6 is 0 Å². The summed E-state index contributed by atoms with van der Waals surface area (Å²) in [7, 11) is 0. The summed E-state index contributed by atoms with van der Waals surface area (Å²) in [5, 5.41) is 0. The molecular weight excluding hydrogens is 312 g/mol. The van der Waals surface area contributed by atoms with Gasteiger partial charge in [-0.1, -0.05) is 142 Å². The minimum Gasteiger partial charge on any atom is -0.0654 e. The second-order valence-corrected chi connectivity index (χ2v) is 9.78. The smallest absolute Gasteiger partial charge is 0.0357 e. The SMILES string of the molecule is CCCCCCCCCCCCCCCC(C1CCCC1)C1CCCC1. The first-order chi connectivity index (χ1) is 12.9. The standard InChI is InChI=1S/C26H50/c1-2-3-4-5-6-7-8-9-10-11-12-13-14-23-26(24-19-15-16-20-24)25-21-17-18-22-25/h24-26H,2-23H2,1H3. The molecular formula is C26H50. The van der Waals surface area contributed by atoms with Crippen LogP contribution in [0.4, 0.5) is 0 Å². The van der Waals surface area contributed by atoms with Gasteiger partial charge in [-0.2, -0.15) is 0 Å². The van der Waals surface area contributed by atoms with E-state index in [1.165, 1.54) is 109 Å². The van der Waals surface area contributed by atoms with Crippen molar-refractivity contribution in [2.75, 3.05) is 0 Å². The molecule has 154 valence electrons.